The molecular weight excluding hydrogens is 471 g/mol. The standard InChI is InChI=1S/C20H36N4OS.HI/c1-21-18(23-9-7-19(16-23)5-3-2-4-6-19)22-15-20(8-14-26-17-20)24-10-12-25-13-11-24;/h2-17H2,1H3,(H,21,22);1H. The van der Waals surface area contributed by atoms with E-state index in [1.54, 1.807) is 0 Å². The molecule has 1 aliphatic carbocycles. The second-order valence-electron chi connectivity index (χ2n) is 8.76. The number of hydrogen-bond acceptors (Lipinski definition) is 4. The Morgan fingerprint density at radius 3 is 2.52 bits per heavy atom. The van der Waals surface area contributed by atoms with E-state index in [-0.39, 0.29) is 29.5 Å². The van der Waals surface area contributed by atoms with Gasteiger partial charge in [-0.15, -0.1) is 24.0 Å². The van der Waals surface area contributed by atoms with Gasteiger partial charge in [-0.3, -0.25) is 9.89 Å². The molecule has 0 radical (unpaired) electrons. The van der Waals surface area contributed by atoms with Gasteiger partial charge in [0, 0.05) is 51.1 Å². The minimum atomic E-state index is 0. The summed E-state index contributed by atoms with van der Waals surface area (Å²) in [6.07, 6.45) is 9.79. The molecule has 4 rings (SSSR count). The summed E-state index contributed by atoms with van der Waals surface area (Å²) in [6.45, 7) is 7.34. The molecule has 1 saturated carbocycles. The molecular formula is C20H37IN4OS. The third-order valence-electron chi connectivity index (χ3n) is 7.20. The summed E-state index contributed by atoms with van der Waals surface area (Å²) in [4.78, 5) is 9.89. The van der Waals surface area contributed by atoms with Gasteiger partial charge in [-0.1, -0.05) is 19.3 Å². The third kappa shape index (κ3) is 4.89. The van der Waals surface area contributed by atoms with Crippen molar-refractivity contribution in [3.05, 3.63) is 0 Å². The van der Waals surface area contributed by atoms with E-state index in [0.717, 1.165) is 38.8 Å². The van der Waals surface area contributed by atoms with Crippen LogP contribution in [0.15, 0.2) is 4.99 Å². The predicted molar refractivity (Wildman–Crippen MR) is 126 cm³/mol. The number of aliphatic imine (C=N–C) groups is 1. The number of hydrogen-bond donors (Lipinski definition) is 1. The largest absolute Gasteiger partial charge is 0.379 e. The molecule has 0 amide bonds. The third-order valence-corrected chi connectivity index (χ3v) is 8.44. The molecule has 7 heteroatoms. The van der Waals surface area contributed by atoms with Crippen LogP contribution in [0.2, 0.25) is 0 Å². The number of rotatable bonds is 3. The second kappa shape index (κ2) is 9.85. The molecule has 0 aromatic carbocycles. The average Bonchev–Trinajstić information content (AvgIpc) is 3.33. The Bertz CT molecular complexity index is 500. The zero-order chi connectivity index (χ0) is 17.9. The monoisotopic (exact) mass is 508 g/mol. The molecule has 1 atom stereocenters. The van der Waals surface area contributed by atoms with Gasteiger partial charge >= 0.3 is 0 Å². The normalized spacial score (nSPS) is 31.9. The lowest BCUT2D eigenvalue weighted by molar-refractivity contribution is -0.0121. The smallest absolute Gasteiger partial charge is 0.193 e. The van der Waals surface area contributed by atoms with E-state index in [9.17, 15) is 0 Å². The van der Waals surface area contributed by atoms with E-state index < -0.39 is 0 Å². The second-order valence-corrected chi connectivity index (χ2v) is 9.86. The Balaban J connectivity index is 0.00000210. The van der Waals surface area contributed by atoms with Gasteiger partial charge in [-0.25, -0.2) is 0 Å². The Morgan fingerprint density at radius 1 is 1.07 bits per heavy atom. The van der Waals surface area contributed by atoms with Crippen LogP contribution < -0.4 is 5.32 Å². The van der Waals surface area contributed by atoms with Crippen LogP contribution in [0.3, 0.4) is 0 Å². The van der Waals surface area contributed by atoms with Crippen LogP contribution >= 0.6 is 35.7 Å². The number of nitrogens with one attached hydrogen (secondary N) is 1. The van der Waals surface area contributed by atoms with E-state index >= 15 is 0 Å². The highest BCUT2D eigenvalue weighted by Crippen LogP contribution is 2.43. The lowest BCUT2D eigenvalue weighted by Gasteiger charge is -2.43. The molecule has 0 aromatic heterocycles. The van der Waals surface area contributed by atoms with Crippen LogP contribution in [0.25, 0.3) is 0 Å². The molecule has 1 spiro atoms. The quantitative estimate of drug-likeness (QED) is 0.361. The molecule has 4 fully saturated rings. The fraction of sp³-hybridized carbons (Fsp3) is 0.950. The van der Waals surface area contributed by atoms with Crippen LogP contribution in [0.1, 0.15) is 44.9 Å². The molecule has 4 aliphatic rings. The highest BCUT2D eigenvalue weighted by molar-refractivity contribution is 14.0. The van der Waals surface area contributed by atoms with E-state index in [1.165, 1.54) is 69.5 Å². The lowest BCUT2D eigenvalue weighted by atomic mass is 9.73. The van der Waals surface area contributed by atoms with E-state index in [2.05, 4.69) is 31.9 Å². The van der Waals surface area contributed by atoms with Gasteiger partial charge in [0.05, 0.1) is 13.2 Å². The fourth-order valence-electron chi connectivity index (χ4n) is 5.54. The molecule has 3 aliphatic heterocycles. The number of guanidine groups is 1. The van der Waals surface area contributed by atoms with Gasteiger partial charge in [0.25, 0.3) is 0 Å². The van der Waals surface area contributed by atoms with Gasteiger partial charge in [-0.2, -0.15) is 11.8 Å². The zero-order valence-electron chi connectivity index (χ0n) is 16.9. The van der Waals surface area contributed by atoms with Gasteiger partial charge in [0.15, 0.2) is 5.96 Å². The Labute approximate surface area is 186 Å². The first-order chi connectivity index (χ1) is 12.8. The number of halogens is 1. The maximum absolute atomic E-state index is 5.60. The first-order valence-electron chi connectivity index (χ1n) is 10.6. The van der Waals surface area contributed by atoms with E-state index in [4.69, 9.17) is 4.74 Å². The van der Waals surface area contributed by atoms with Gasteiger partial charge in [-0.05, 0) is 36.9 Å². The molecule has 1 unspecified atom stereocenters. The van der Waals surface area contributed by atoms with Crippen molar-refractivity contribution in [2.75, 3.05) is 64.5 Å². The first-order valence-corrected chi connectivity index (χ1v) is 11.8. The Hall–Kier alpha value is 0.270. The maximum Gasteiger partial charge on any atom is 0.193 e. The number of thioether (sulfide) groups is 1. The van der Waals surface area contributed by atoms with Crippen molar-refractivity contribution in [3.63, 3.8) is 0 Å². The summed E-state index contributed by atoms with van der Waals surface area (Å²) in [5.41, 5.74) is 0.869. The van der Waals surface area contributed by atoms with E-state index in [0.29, 0.717) is 5.41 Å². The molecule has 1 N–H and O–H groups in total. The van der Waals surface area contributed by atoms with Crippen LogP contribution in [0.4, 0.5) is 0 Å². The number of nitrogens with zero attached hydrogens (tertiary/aromatic N) is 3. The van der Waals surface area contributed by atoms with Gasteiger partial charge in [0.1, 0.15) is 0 Å². The van der Waals surface area contributed by atoms with Crippen molar-refractivity contribution in [1.82, 2.24) is 15.1 Å². The van der Waals surface area contributed by atoms with Crippen LogP contribution in [0.5, 0.6) is 0 Å². The first kappa shape index (κ1) is 22.0. The topological polar surface area (TPSA) is 40.1 Å². The molecule has 0 bridgehead atoms. The van der Waals surface area contributed by atoms with Crippen molar-refractivity contribution < 1.29 is 4.74 Å². The van der Waals surface area contributed by atoms with Gasteiger partial charge < -0.3 is 15.0 Å². The highest BCUT2D eigenvalue weighted by atomic mass is 127. The zero-order valence-corrected chi connectivity index (χ0v) is 20.0. The number of likely N-dealkylation sites (tertiary alicyclic amines) is 1. The molecule has 27 heavy (non-hydrogen) atoms. The SMILES string of the molecule is CN=C(NCC1(N2CCOCC2)CCSC1)N1CCC2(CCCCC2)C1.I. The number of morpholine rings is 1. The maximum atomic E-state index is 5.60. The Kier molecular flexibility index (Phi) is 8.01. The lowest BCUT2D eigenvalue weighted by Crippen LogP contribution is -2.60. The minimum Gasteiger partial charge on any atom is -0.379 e. The molecule has 3 saturated heterocycles. The fourth-order valence-corrected chi connectivity index (χ4v) is 7.01. The summed E-state index contributed by atoms with van der Waals surface area (Å²) in [6, 6.07) is 0. The average molecular weight is 509 g/mol. The summed E-state index contributed by atoms with van der Waals surface area (Å²) < 4.78 is 5.60. The summed E-state index contributed by atoms with van der Waals surface area (Å²) >= 11 is 2.11. The van der Waals surface area contributed by atoms with Crippen molar-refractivity contribution in [2.45, 2.75) is 50.5 Å². The molecule has 0 aromatic rings. The summed E-state index contributed by atoms with van der Waals surface area (Å²) in [5, 5.41) is 3.79. The molecule has 3 heterocycles. The highest BCUT2D eigenvalue weighted by Gasteiger charge is 2.43. The van der Waals surface area contributed by atoms with E-state index in [1.807, 2.05) is 7.05 Å². The van der Waals surface area contributed by atoms with Crippen LogP contribution in [-0.2, 0) is 4.74 Å². The summed E-state index contributed by atoms with van der Waals surface area (Å²) in [5.74, 6) is 3.66. The van der Waals surface area contributed by atoms with Crippen LogP contribution in [-0.4, -0.2) is 85.8 Å². The van der Waals surface area contributed by atoms with Gasteiger partial charge in [0.2, 0.25) is 0 Å². The van der Waals surface area contributed by atoms with Crippen molar-refractivity contribution in [3.8, 4) is 0 Å². The Morgan fingerprint density at radius 2 is 1.85 bits per heavy atom. The molecule has 5 nitrogen and oxygen atoms in total. The van der Waals surface area contributed by atoms with Crippen molar-refractivity contribution in [1.29, 1.82) is 0 Å². The molecule has 156 valence electrons. The van der Waals surface area contributed by atoms with Crippen LogP contribution in [0, 0.1) is 5.41 Å². The van der Waals surface area contributed by atoms with Crippen molar-refractivity contribution in [2.24, 2.45) is 10.4 Å². The number of ether oxygens (including phenoxy) is 1. The minimum absolute atomic E-state index is 0. The summed E-state index contributed by atoms with van der Waals surface area (Å²) in [7, 11) is 1.96. The van der Waals surface area contributed by atoms with Crippen molar-refractivity contribution >= 4 is 41.7 Å². The predicted octanol–water partition coefficient (Wildman–Crippen LogP) is 3.04.